The summed E-state index contributed by atoms with van der Waals surface area (Å²) in [6.45, 7) is 3.73. The van der Waals surface area contributed by atoms with Gasteiger partial charge in [0.15, 0.2) is 5.82 Å². The molecule has 2 heterocycles. The van der Waals surface area contributed by atoms with Crippen LogP contribution in [0.1, 0.15) is 11.4 Å². The first-order valence-electron chi connectivity index (χ1n) is 4.23. The van der Waals surface area contributed by atoms with E-state index in [1.54, 1.807) is 13.1 Å². The lowest BCUT2D eigenvalue weighted by Crippen LogP contribution is -1.99. The average Bonchev–Trinajstić information content (AvgIpc) is 2.19. The van der Waals surface area contributed by atoms with Crippen molar-refractivity contribution in [3.8, 4) is 11.5 Å². The van der Waals surface area contributed by atoms with E-state index >= 15 is 0 Å². The molecule has 0 fully saturated rings. The Morgan fingerprint density at radius 2 is 1.71 bits per heavy atom. The van der Waals surface area contributed by atoms with Gasteiger partial charge < -0.3 is 0 Å². The van der Waals surface area contributed by atoms with E-state index in [9.17, 15) is 0 Å². The monoisotopic (exact) mass is 187 g/mol. The summed E-state index contributed by atoms with van der Waals surface area (Å²) < 4.78 is 0. The molecule has 0 amide bonds. The fourth-order valence-corrected chi connectivity index (χ4v) is 1.04. The third kappa shape index (κ3) is 1.71. The number of hydrogen-bond donors (Lipinski definition) is 0. The second-order valence-electron chi connectivity index (χ2n) is 2.99. The molecular weight excluding hydrogens is 178 g/mol. The van der Waals surface area contributed by atoms with Crippen LogP contribution in [-0.2, 0) is 0 Å². The molecule has 0 aliphatic rings. The van der Waals surface area contributed by atoms with Gasteiger partial charge in [-0.1, -0.05) is 0 Å². The summed E-state index contributed by atoms with van der Waals surface area (Å²) in [6.07, 6.45) is 1.72. The molecule has 0 aromatic carbocycles. The van der Waals surface area contributed by atoms with E-state index in [4.69, 9.17) is 0 Å². The summed E-state index contributed by atoms with van der Waals surface area (Å²) in [4.78, 5) is 4.13. The van der Waals surface area contributed by atoms with E-state index in [0.29, 0.717) is 17.3 Å². The van der Waals surface area contributed by atoms with E-state index < -0.39 is 0 Å². The van der Waals surface area contributed by atoms with Crippen molar-refractivity contribution < 1.29 is 0 Å². The highest BCUT2D eigenvalue weighted by molar-refractivity contribution is 5.48. The average molecular weight is 187 g/mol. The molecule has 5 heteroatoms. The predicted molar refractivity (Wildman–Crippen MR) is 50.3 cm³/mol. The Bertz CT molecular complexity index is 437. The second kappa shape index (κ2) is 3.45. The van der Waals surface area contributed by atoms with Gasteiger partial charge in [-0.15, -0.1) is 20.4 Å². The molecule has 2 aromatic heterocycles. The molecule has 0 unspecified atom stereocenters. The van der Waals surface area contributed by atoms with Crippen molar-refractivity contribution in [2.75, 3.05) is 0 Å². The van der Waals surface area contributed by atoms with E-state index in [0.717, 1.165) is 5.56 Å². The molecule has 0 N–H and O–H groups in total. The second-order valence-corrected chi connectivity index (χ2v) is 2.99. The molecular formula is C9H9N5. The maximum Gasteiger partial charge on any atom is 0.221 e. The molecule has 0 spiro atoms. The van der Waals surface area contributed by atoms with Crippen LogP contribution >= 0.6 is 0 Å². The number of rotatable bonds is 1. The normalized spacial score (nSPS) is 10.1. The summed E-state index contributed by atoms with van der Waals surface area (Å²) in [6, 6.07) is 3.81. The molecule has 2 aromatic rings. The lowest BCUT2D eigenvalue weighted by atomic mass is 10.2. The largest absolute Gasteiger partial charge is 0.253 e. The summed E-state index contributed by atoms with van der Waals surface area (Å²) >= 11 is 0. The Morgan fingerprint density at radius 1 is 1.00 bits per heavy atom. The van der Waals surface area contributed by atoms with E-state index in [-0.39, 0.29) is 0 Å². The third-order valence-corrected chi connectivity index (χ3v) is 1.72. The zero-order chi connectivity index (χ0) is 9.97. The van der Waals surface area contributed by atoms with Crippen LogP contribution in [0.25, 0.3) is 11.5 Å². The first kappa shape index (κ1) is 8.68. The van der Waals surface area contributed by atoms with Crippen LogP contribution in [0.3, 0.4) is 0 Å². The maximum atomic E-state index is 4.13. The molecule has 0 radical (unpaired) electrons. The lowest BCUT2D eigenvalue weighted by Gasteiger charge is -1.97. The summed E-state index contributed by atoms with van der Waals surface area (Å²) in [7, 11) is 0. The molecule has 0 atom stereocenters. The molecule has 2 rings (SSSR count). The van der Waals surface area contributed by atoms with Gasteiger partial charge in [0.1, 0.15) is 5.69 Å². The van der Waals surface area contributed by atoms with Crippen molar-refractivity contribution in [3.63, 3.8) is 0 Å². The third-order valence-electron chi connectivity index (χ3n) is 1.72. The van der Waals surface area contributed by atoms with Crippen molar-refractivity contribution >= 4 is 0 Å². The van der Waals surface area contributed by atoms with Crippen LogP contribution in [-0.4, -0.2) is 25.4 Å². The molecule has 0 aliphatic heterocycles. The highest BCUT2D eigenvalue weighted by atomic mass is 15.3. The maximum absolute atomic E-state index is 4.13. The Labute approximate surface area is 81.3 Å². The summed E-state index contributed by atoms with van der Waals surface area (Å²) in [5, 5.41) is 15.5. The fraction of sp³-hybridized carbons (Fsp3) is 0.222. The number of pyridine rings is 1. The molecule has 14 heavy (non-hydrogen) atoms. The molecule has 0 saturated heterocycles. The Kier molecular flexibility index (Phi) is 2.14. The van der Waals surface area contributed by atoms with Crippen LogP contribution in [0, 0.1) is 13.8 Å². The highest BCUT2D eigenvalue weighted by Gasteiger charge is 2.03. The van der Waals surface area contributed by atoms with Crippen molar-refractivity contribution in [2.24, 2.45) is 0 Å². The summed E-state index contributed by atoms with van der Waals surface area (Å²) in [5.74, 6) is 1.01. The Morgan fingerprint density at radius 3 is 2.36 bits per heavy atom. The van der Waals surface area contributed by atoms with Crippen molar-refractivity contribution in [1.29, 1.82) is 0 Å². The molecule has 0 bridgehead atoms. The number of aryl methyl sites for hydroxylation is 2. The van der Waals surface area contributed by atoms with Gasteiger partial charge in [0.2, 0.25) is 5.82 Å². The molecule has 0 saturated carbocycles. The van der Waals surface area contributed by atoms with Crippen molar-refractivity contribution in [3.05, 3.63) is 29.7 Å². The van der Waals surface area contributed by atoms with Crippen molar-refractivity contribution in [1.82, 2.24) is 25.4 Å². The predicted octanol–water partition coefficient (Wildman–Crippen LogP) is 0.945. The summed E-state index contributed by atoms with van der Waals surface area (Å²) in [5.41, 5.74) is 1.81. The van der Waals surface area contributed by atoms with Gasteiger partial charge in [-0.25, -0.2) is 0 Å². The Balaban J connectivity index is 2.44. The molecule has 5 nitrogen and oxygen atoms in total. The SMILES string of the molecule is Cc1ccnc(-c2nnc(C)nn2)c1. The minimum Gasteiger partial charge on any atom is -0.253 e. The molecule has 70 valence electrons. The zero-order valence-electron chi connectivity index (χ0n) is 7.97. The minimum absolute atomic E-state index is 0.458. The number of aromatic nitrogens is 5. The van der Waals surface area contributed by atoms with Crippen LogP contribution in [0.15, 0.2) is 18.3 Å². The van der Waals surface area contributed by atoms with Crippen LogP contribution in [0.4, 0.5) is 0 Å². The van der Waals surface area contributed by atoms with Crippen LogP contribution in [0.2, 0.25) is 0 Å². The number of nitrogens with zero attached hydrogens (tertiary/aromatic N) is 5. The van der Waals surface area contributed by atoms with E-state index in [1.807, 2.05) is 19.1 Å². The standard InChI is InChI=1S/C9H9N5/c1-6-3-4-10-8(5-6)9-13-11-7(2)12-14-9/h3-5H,1-2H3. The van der Waals surface area contributed by atoms with Gasteiger partial charge in [-0.05, 0) is 31.5 Å². The lowest BCUT2D eigenvalue weighted by molar-refractivity contribution is 0.812. The van der Waals surface area contributed by atoms with Crippen LogP contribution in [0.5, 0.6) is 0 Å². The zero-order valence-corrected chi connectivity index (χ0v) is 7.97. The van der Waals surface area contributed by atoms with Gasteiger partial charge in [-0.2, -0.15) is 0 Å². The highest BCUT2D eigenvalue weighted by Crippen LogP contribution is 2.10. The molecule has 0 aliphatic carbocycles. The van der Waals surface area contributed by atoms with E-state index in [1.165, 1.54) is 0 Å². The van der Waals surface area contributed by atoms with Crippen LogP contribution < -0.4 is 0 Å². The minimum atomic E-state index is 0.458. The Hall–Kier alpha value is -1.91. The van der Waals surface area contributed by atoms with Gasteiger partial charge >= 0.3 is 0 Å². The van der Waals surface area contributed by atoms with Crippen molar-refractivity contribution in [2.45, 2.75) is 13.8 Å². The smallest absolute Gasteiger partial charge is 0.221 e. The van der Waals surface area contributed by atoms with Gasteiger partial charge in [0.05, 0.1) is 0 Å². The van der Waals surface area contributed by atoms with E-state index in [2.05, 4.69) is 25.4 Å². The quantitative estimate of drug-likeness (QED) is 0.664. The van der Waals surface area contributed by atoms with Gasteiger partial charge in [-0.3, -0.25) is 4.98 Å². The topological polar surface area (TPSA) is 64.5 Å². The first-order valence-corrected chi connectivity index (χ1v) is 4.23. The van der Waals surface area contributed by atoms with Gasteiger partial charge in [0, 0.05) is 6.20 Å². The van der Waals surface area contributed by atoms with Gasteiger partial charge in [0.25, 0.3) is 0 Å². The fourth-order valence-electron chi connectivity index (χ4n) is 1.04. The first-order chi connectivity index (χ1) is 6.75. The number of hydrogen-bond acceptors (Lipinski definition) is 5.